The van der Waals surface area contributed by atoms with E-state index in [9.17, 15) is 0 Å². The largest absolute Gasteiger partial charge is 0.493 e. The van der Waals surface area contributed by atoms with Crippen LogP contribution in [-0.2, 0) is 6.42 Å². The Balaban J connectivity index is 2.31. The molecule has 0 fully saturated rings. The zero-order valence-electron chi connectivity index (χ0n) is 11.7. The van der Waals surface area contributed by atoms with Crippen LogP contribution in [0.1, 0.15) is 25.8 Å². The van der Waals surface area contributed by atoms with E-state index >= 15 is 0 Å². The molecule has 0 amide bonds. The first-order valence-electron chi connectivity index (χ1n) is 6.70. The summed E-state index contributed by atoms with van der Waals surface area (Å²) in [5.41, 5.74) is 1.39. The molecule has 0 radical (unpaired) electrons. The van der Waals surface area contributed by atoms with Crippen LogP contribution in [0.2, 0.25) is 0 Å². The molecule has 18 heavy (non-hydrogen) atoms. The van der Waals surface area contributed by atoms with E-state index in [1.54, 1.807) is 0 Å². The molecule has 0 aromatic heterocycles. The van der Waals surface area contributed by atoms with Gasteiger partial charge in [-0.2, -0.15) is 11.8 Å². The van der Waals surface area contributed by atoms with E-state index in [-0.39, 0.29) is 0 Å². The van der Waals surface area contributed by atoms with Crippen molar-refractivity contribution in [2.45, 2.75) is 32.7 Å². The van der Waals surface area contributed by atoms with Crippen molar-refractivity contribution in [1.29, 1.82) is 0 Å². The van der Waals surface area contributed by atoms with Crippen LogP contribution in [0.15, 0.2) is 24.3 Å². The second-order valence-corrected chi connectivity index (χ2v) is 5.47. The van der Waals surface area contributed by atoms with Crippen LogP contribution in [0.4, 0.5) is 0 Å². The second kappa shape index (κ2) is 9.29. The fourth-order valence-corrected chi connectivity index (χ4v) is 2.08. The molecule has 1 N–H and O–H groups in total. The lowest BCUT2D eigenvalue weighted by molar-refractivity contribution is 0.344. The Morgan fingerprint density at radius 3 is 2.61 bits per heavy atom. The maximum atomic E-state index is 5.63. The van der Waals surface area contributed by atoms with Gasteiger partial charge in [0.25, 0.3) is 0 Å². The third-order valence-electron chi connectivity index (χ3n) is 2.90. The minimum Gasteiger partial charge on any atom is -0.493 e. The average Bonchev–Trinajstić information content (AvgIpc) is 2.38. The Kier molecular flexibility index (Phi) is 7.94. The van der Waals surface area contributed by atoms with Crippen LogP contribution >= 0.6 is 11.8 Å². The van der Waals surface area contributed by atoms with Gasteiger partial charge in [0.2, 0.25) is 0 Å². The first-order valence-corrected chi connectivity index (χ1v) is 8.09. The van der Waals surface area contributed by atoms with Crippen LogP contribution in [0.25, 0.3) is 0 Å². The van der Waals surface area contributed by atoms with Gasteiger partial charge in [-0.15, -0.1) is 0 Å². The van der Waals surface area contributed by atoms with Crippen molar-refractivity contribution in [1.82, 2.24) is 5.32 Å². The van der Waals surface area contributed by atoms with Gasteiger partial charge in [-0.05, 0) is 50.3 Å². The highest BCUT2D eigenvalue weighted by molar-refractivity contribution is 7.98. The monoisotopic (exact) mass is 267 g/mol. The van der Waals surface area contributed by atoms with Crippen LogP contribution in [-0.4, -0.2) is 31.2 Å². The summed E-state index contributed by atoms with van der Waals surface area (Å²) in [5.74, 6) is 2.02. The predicted molar refractivity (Wildman–Crippen MR) is 81.8 cm³/mol. The standard InChI is InChI=1S/C15H25NOS/c1-4-16-13(2)5-6-14-7-9-15(10-8-14)17-11-12-18-3/h7-10,13,16H,4-6,11-12H2,1-3H3. The molecule has 0 aliphatic rings. The van der Waals surface area contributed by atoms with E-state index in [0.29, 0.717) is 6.04 Å². The summed E-state index contributed by atoms with van der Waals surface area (Å²) in [6.07, 6.45) is 4.40. The number of nitrogens with one attached hydrogen (secondary N) is 1. The van der Waals surface area contributed by atoms with Crippen LogP contribution in [0.5, 0.6) is 5.75 Å². The van der Waals surface area contributed by atoms with Crippen molar-refractivity contribution in [2.75, 3.05) is 25.2 Å². The molecule has 0 heterocycles. The van der Waals surface area contributed by atoms with Crippen molar-refractivity contribution in [3.63, 3.8) is 0 Å². The van der Waals surface area contributed by atoms with Gasteiger partial charge < -0.3 is 10.1 Å². The van der Waals surface area contributed by atoms with Crippen molar-refractivity contribution in [3.05, 3.63) is 29.8 Å². The molecule has 102 valence electrons. The van der Waals surface area contributed by atoms with Gasteiger partial charge in [0, 0.05) is 11.8 Å². The summed E-state index contributed by atoms with van der Waals surface area (Å²) < 4.78 is 5.63. The highest BCUT2D eigenvalue weighted by atomic mass is 32.2. The molecule has 0 aliphatic heterocycles. The van der Waals surface area contributed by atoms with Crippen molar-refractivity contribution in [3.8, 4) is 5.75 Å². The van der Waals surface area contributed by atoms with Gasteiger partial charge in [0.05, 0.1) is 6.61 Å². The first kappa shape index (κ1) is 15.4. The molecule has 0 saturated carbocycles. The van der Waals surface area contributed by atoms with Crippen LogP contribution in [0, 0.1) is 0 Å². The molecule has 1 aromatic rings. The summed E-state index contributed by atoms with van der Waals surface area (Å²) in [6, 6.07) is 9.09. The van der Waals surface area contributed by atoms with E-state index in [2.05, 4.69) is 49.7 Å². The summed E-state index contributed by atoms with van der Waals surface area (Å²) in [7, 11) is 0. The van der Waals surface area contributed by atoms with Gasteiger partial charge in [-0.25, -0.2) is 0 Å². The minimum atomic E-state index is 0.590. The van der Waals surface area contributed by atoms with Crippen LogP contribution in [0.3, 0.4) is 0 Å². The molecule has 1 aromatic carbocycles. The predicted octanol–water partition coefficient (Wildman–Crippen LogP) is 3.36. The average molecular weight is 267 g/mol. The number of ether oxygens (including phenoxy) is 1. The molecule has 0 aliphatic carbocycles. The molecular formula is C15H25NOS. The number of hydrogen-bond donors (Lipinski definition) is 1. The summed E-state index contributed by atoms with van der Waals surface area (Å²) in [6.45, 7) is 6.22. The molecule has 1 unspecified atom stereocenters. The summed E-state index contributed by atoms with van der Waals surface area (Å²) in [4.78, 5) is 0. The van der Waals surface area contributed by atoms with E-state index in [4.69, 9.17) is 4.74 Å². The van der Waals surface area contributed by atoms with E-state index in [1.807, 2.05) is 11.8 Å². The first-order chi connectivity index (χ1) is 8.76. The number of hydrogen-bond acceptors (Lipinski definition) is 3. The van der Waals surface area contributed by atoms with Crippen LogP contribution < -0.4 is 10.1 Å². The SMILES string of the molecule is CCNC(C)CCc1ccc(OCCSC)cc1. The van der Waals surface area contributed by atoms with Gasteiger partial charge >= 0.3 is 0 Å². The van der Waals surface area contributed by atoms with E-state index < -0.39 is 0 Å². The molecule has 3 heteroatoms. The Labute approximate surface area is 116 Å². The highest BCUT2D eigenvalue weighted by Crippen LogP contribution is 2.14. The van der Waals surface area contributed by atoms with Gasteiger partial charge in [-0.3, -0.25) is 0 Å². The summed E-state index contributed by atoms with van der Waals surface area (Å²) >= 11 is 1.81. The molecule has 0 saturated heterocycles. The minimum absolute atomic E-state index is 0.590. The van der Waals surface area contributed by atoms with E-state index in [0.717, 1.165) is 31.1 Å². The van der Waals surface area contributed by atoms with Gasteiger partial charge in [0.15, 0.2) is 0 Å². The smallest absolute Gasteiger partial charge is 0.119 e. The lowest BCUT2D eigenvalue weighted by Crippen LogP contribution is -2.25. The quantitative estimate of drug-likeness (QED) is 0.693. The molecular weight excluding hydrogens is 242 g/mol. The third kappa shape index (κ3) is 6.31. The molecule has 1 atom stereocenters. The van der Waals surface area contributed by atoms with Crippen molar-refractivity contribution < 1.29 is 4.74 Å². The number of benzene rings is 1. The zero-order chi connectivity index (χ0) is 13.2. The lowest BCUT2D eigenvalue weighted by Gasteiger charge is -2.12. The Bertz CT molecular complexity index is 313. The fourth-order valence-electron chi connectivity index (χ4n) is 1.83. The topological polar surface area (TPSA) is 21.3 Å². The van der Waals surface area contributed by atoms with Crippen molar-refractivity contribution in [2.24, 2.45) is 0 Å². The molecule has 2 nitrogen and oxygen atoms in total. The van der Waals surface area contributed by atoms with Gasteiger partial charge in [0.1, 0.15) is 5.75 Å². The maximum Gasteiger partial charge on any atom is 0.119 e. The Morgan fingerprint density at radius 2 is 2.00 bits per heavy atom. The maximum absolute atomic E-state index is 5.63. The number of aryl methyl sites for hydroxylation is 1. The number of thioether (sulfide) groups is 1. The van der Waals surface area contributed by atoms with E-state index in [1.165, 1.54) is 12.0 Å². The fraction of sp³-hybridized carbons (Fsp3) is 0.600. The Morgan fingerprint density at radius 1 is 1.28 bits per heavy atom. The van der Waals surface area contributed by atoms with Crippen molar-refractivity contribution >= 4 is 11.8 Å². The third-order valence-corrected chi connectivity index (χ3v) is 3.47. The second-order valence-electron chi connectivity index (χ2n) is 4.48. The normalized spacial score (nSPS) is 12.4. The number of rotatable bonds is 9. The Hall–Kier alpha value is -0.670. The molecule has 0 spiro atoms. The lowest BCUT2D eigenvalue weighted by atomic mass is 10.1. The molecule has 1 rings (SSSR count). The summed E-state index contributed by atoms with van der Waals surface area (Å²) in [5, 5.41) is 3.43. The zero-order valence-corrected chi connectivity index (χ0v) is 12.6. The van der Waals surface area contributed by atoms with Gasteiger partial charge in [-0.1, -0.05) is 19.1 Å². The molecule has 0 bridgehead atoms. The highest BCUT2D eigenvalue weighted by Gasteiger charge is 2.01.